The zero-order chi connectivity index (χ0) is 30.7. The molecular weight excluding hydrogens is 532 g/mol. The van der Waals surface area contributed by atoms with Gasteiger partial charge in [-0.25, -0.2) is 4.79 Å². The molecule has 19 nitrogen and oxygen atoms in total. The molecular formula is C21H40N12O7. The van der Waals surface area contributed by atoms with Crippen molar-refractivity contribution in [3.8, 4) is 0 Å². The van der Waals surface area contributed by atoms with Gasteiger partial charge >= 0.3 is 5.97 Å². The van der Waals surface area contributed by atoms with Crippen molar-refractivity contribution in [2.75, 3.05) is 26.2 Å². The number of nitrogens with one attached hydrogen (secondary N) is 8. The Kier molecular flexibility index (Phi) is 17.1. The van der Waals surface area contributed by atoms with E-state index in [1.165, 1.54) is 0 Å². The minimum atomic E-state index is -1.45. The molecule has 0 aliphatic rings. The molecule has 0 aromatic carbocycles. The average Bonchev–Trinajstić information content (AvgIpc) is 2.87. The summed E-state index contributed by atoms with van der Waals surface area (Å²) in [6.45, 7) is -0.526. The quantitative estimate of drug-likeness (QED) is 0.0369. The van der Waals surface area contributed by atoms with E-state index in [4.69, 9.17) is 33.8 Å². The Morgan fingerprint density at radius 2 is 1.18 bits per heavy atom. The first-order valence-corrected chi connectivity index (χ1v) is 12.3. The Morgan fingerprint density at radius 3 is 1.62 bits per heavy atom. The summed E-state index contributed by atoms with van der Waals surface area (Å²) in [4.78, 5) is 72.2. The molecule has 5 amide bonds. The molecule has 0 rings (SSSR count). The molecule has 226 valence electrons. The Morgan fingerprint density at radius 1 is 0.675 bits per heavy atom. The van der Waals surface area contributed by atoms with E-state index < -0.39 is 60.2 Å². The minimum absolute atomic E-state index is 0.00624. The van der Waals surface area contributed by atoms with E-state index in [2.05, 4.69) is 31.9 Å². The molecule has 0 bridgehead atoms. The number of carboxylic acids is 1. The summed E-state index contributed by atoms with van der Waals surface area (Å²) in [5, 5.41) is 38.2. The molecule has 17 N–H and O–H groups in total. The van der Waals surface area contributed by atoms with Crippen LogP contribution >= 0.6 is 0 Å². The summed E-state index contributed by atoms with van der Waals surface area (Å²) >= 11 is 0. The number of guanidine groups is 2. The van der Waals surface area contributed by atoms with Crippen LogP contribution in [-0.2, 0) is 28.8 Å². The van der Waals surface area contributed by atoms with Crippen molar-refractivity contribution in [2.45, 2.75) is 56.7 Å². The third kappa shape index (κ3) is 16.9. The highest BCUT2D eigenvalue weighted by atomic mass is 16.4. The Balaban J connectivity index is 5.26. The second-order valence-electron chi connectivity index (χ2n) is 8.53. The fourth-order valence-electron chi connectivity index (χ4n) is 3.20. The van der Waals surface area contributed by atoms with Gasteiger partial charge in [0.1, 0.15) is 18.1 Å². The first-order chi connectivity index (χ1) is 18.8. The molecule has 0 aliphatic carbocycles. The van der Waals surface area contributed by atoms with Gasteiger partial charge in [0, 0.05) is 19.5 Å². The molecule has 0 unspecified atom stereocenters. The fourth-order valence-corrected chi connectivity index (χ4v) is 3.20. The Bertz CT molecular complexity index is 930. The summed E-state index contributed by atoms with van der Waals surface area (Å²) in [5.74, 6) is -5.69. The number of primary amides is 1. The van der Waals surface area contributed by atoms with Gasteiger partial charge in [0.2, 0.25) is 29.5 Å². The summed E-state index contributed by atoms with van der Waals surface area (Å²) in [5.41, 5.74) is 20.8. The van der Waals surface area contributed by atoms with Gasteiger partial charge in [0.05, 0.1) is 13.1 Å². The highest BCUT2D eigenvalue weighted by Gasteiger charge is 2.27. The van der Waals surface area contributed by atoms with Crippen molar-refractivity contribution < 1.29 is 33.9 Å². The van der Waals surface area contributed by atoms with Crippen molar-refractivity contribution in [1.82, 2.24) is 31.9 Å². The first kappa shape index (κ1) is 35.3. The monoisotopic (exact) mass is 572 g/mol. The smallest absolute Gasteiger partial charge is 0.326 e. The van der Waals surface area contributed by atoms with Crippen molar-refractivity contribution in [2.24, 2.45) is 22.9 Å². The number of carbonyl (C=O) groups excluding carboxylic acids is 5. The zero-order valence-electron chi connectivity index (χ0n) is 22.0. The van der Waals surface area contributed by atoms with Crippen LogP contribution in [0.25, 0.3) is 0 Å². The van der Waals surface area contributed by atoms with Crippen LogP contribution in [-0.4, -0.2) is 96.8 Å². The number of aliphatic carboxylic acids is 1. The van der Waals surface area contributed by atoms with E-state index in [0.717, 1.165) is 0 Å². The summed E-state index contributed by atoms with van der Waals surface area (Å²) in [6.07, 6.45) is 0.158. The van der Waals surface area contributed by atoms with E-state index in [1.807, 2.05) is 0 Å². The van der Waals surface area contributed by atoms with Crippen molar-refractivity contribution in [1.29, 1.82) is 10.8 Å². The number of hydrogen-bond donors (Lipinski definition) is 13. The van der Waals surface area contributed by atoms with Crippen LogP contribution in [0.3, 0.4) is 0 Å². The van der Waals surface area contributed by atoms with Crippen LogP contribution in [0.1, 0.15) is 38.5 Å². The first-order valence-electron chi connectivity index (χ1n) is 12.3. The van der Waals surface area contributed by atoms with Gasteiger partial charge < -0.3 is 59.9 Å². The third-order valence-electron chi connectivity index (χ3n) is 5.18. The number of hydrogen-bond acceptors (Lipinski definition) is 9. The summed E-state index contributed by atoms with van der Waals surface area (Å²) < 4.78 is 0. The highest BCUT2D eigenvalue weighted by molar-refractivity contribution is 5.93. The molecule has 0 aromatic heterocycles. The molecule has 0 heterocycles. The van der Waals surface area contributed by atoms with E-state index in [-0.39, 0.29) is 63.7 Å². The number of rotatable bonds is 20. The second-order valence-corrected chi connectivity index (χ2v) is 8.53. The lowest BCUT2D eigenvalue weighted by atomic mass is 10.1. The zero-order valence-corrected chi connectivity index (χ0v) is 22.0. The molecule has 0 radical (unpaired) electrons. The number of carboxylic acid groups (broad SMARTS) is 1. The van der Waals surface area contributed by atoms with Crippen LogP contribution in [0.2, 0.25) is 0 Å². The molecule has 0 aliphatic heterocycles. The van der Waals surface area contributed by atoms with Gasteiger partial charge in [0.15, 0.2) is 11.9 Å². The maximum atomic E-state index is 12.8. The number of amides is 5. The van der Waals surface area contributed by atoms with Gasteiger partial charge in [-0.3, -0.25) is 34.8 Å². The average molecular weight is 573 g/mol. The predicted octanol–water partition coefficient (Wildman–Crippen LogP) is -5.61. The van der Waals surface area contributed by atoms with Gasteiger partial charge in [0.25, 0.3) is 0 Å². The van der Waals surface area contributed by atoms with E-state index >= 15 is 0 Å². The third-order valence-corrected chi connectivity index (χ3v) is 5.18. The fraction of sp³-hybridized carbons (Fsp3) is 0.619. The molecule has 0 aromatic rings. The van der Waals surface area contributed by atoms with Crippen LogP contribution in [0.5, 0.6) is 0 Å². The van der Waals surface area contributed by atoms with Crippen molar-refractivity contribution in [3.63, 3.8) is 0 Å². The normalized spacial score (nSPS) is 12.5. The van der Waals surface area contributed by atoms with Gasteiger partial charge in [-0.05, 0) is 32.1 Å². The number of nitrogens with two attached hydrogens (primary N) is 4. The van der Waals surface area contributed by atoms with Crippen molar-refractivity contribution >= 4 is 47.4 Å². The Hall–Kier alpha value is -4.68. The molecule has 0 saturated carbocycles. The lowest BCUT2D eigenvalue weighted by molar-refractivity contribution is -0.142. The standard InChI is InChI=1S/C21H40N12O7/c22-9-15(35)31-11(3-1-7-28-20(24)25)17(37)30-10-16(36)32-12(4-2-8-29-21(26)27)18(38)33-13(19(39)40)5-6-14(23)34/h11-13H,1-10,22H2,(H2,23,34)(H,30,37)(H,31,35)(H,32,36)(H,33,38)(H,39,40)(H4,24,25,28)(H4,26,27,29)/t11-,12-,13-/m0/s1. The van der Waals surface area contributed by atoms with Gasteiger partial charge in [-0.15, -0.1) is 0 Å². The van der Waals surface area contributed by atoms with E-state index in [9.17, 15) is 33.9 Å². The van der Waals surface area contributed by atoms with E-state index in [1.54, 1.807) is 0 Å². The largest absolute Gasteiger partial charge is 0.480 e. The summed E-state index contributed by atoms with van der Waals surface area (Å²) in [6, 6.07) is -3.73. The highest BCUT2D eigenvalue weighted by Crippen LogP contribution is 2.03. The molecule has 0 saturated heterocycles. The van der Waals surface area contributed by atoms with Gasteiger partial charge in [-0.2, -0.15) is 0 Å². The maximum absolute atomic E-state index is 12.8. The molecule has 3 atom stereocenters. The molecule has 0 spiro atoms. The van der Waals surface area contributed by atoms with Gasteiger partial charge in [-0.1, -0.05) is 0 Å². The summed E-state index contributed by atoms with van der Waals surface area (Å²) in [7, 11) is 0. The lowest BCUT2D eigenvalue weighted by Crippen LogP contribution is -2.54. The minimum Gasteiger partial charge on any atom is -0.480 e. The molecule has 40 heavy (non-hydrogen) atoms. The topological polar surface area (TPSA) is 347 Å². The van der Waals surface area contributed by atoms with Crippen molar-refractivity contribution in [3.05, 3.63) is 0 Å². The van der Waals surface area contributed by atoms with E-state index in [0.29, 0.717) is 6.42 Å². The SMILES string of the molecule is N=C(N)NCCC[C@H](NC(=O)CN)C(=O)NCC(=O)N[C@@H](CCCNC(=N)N)C(=O)N[C@@H](CCC(N)=O)C(=O)O. The molecule has 19 heteroatoms. The van der Waals surface area contributed by atoms with Crippen LogP contribution in [0.4, 0.5) is 0 Å². The predicted molar refractivity (Wildman–Crippen MR) is 142 cm³/mol. The molecule has 0 fully saturated rings. The van der Waals surface area contributed by atoms with Crippen LogP contribution in [0, 0.1) is 10.8 Å². The number of carbonyl (C=O) groups is 6. The Labute approximate surface area is 230 Å². The van der Waals surface area contributed by atoms with Crippen LogP contribution in [0.15, 0.2) is 0 Å². The van der Waals surface area contributed by atoms with Crippen LogP contribution < -0.4 is 54.8 Å². The lowest BCUT2D eigenvalue weighted by Gasteiger charge is -2.22. The second kappa shape index (κ2) is 19.4. The maximum Gasteiger partial charge on any atom is 0.326 e.